The molecule has 5 heteroatoms. The second kappa shape index (κ2) is 5.29. The van der Waals surface area contributed by atoms with Crippen LogP contribution < -0.4 is 5.43 Å². The maximum absolute atomic E-state index is 11.2. The van der Waals surface area contributed by atoms with Crippen molar-refractivity contribution in [2.75, 3.05) is 0 Å². The van der Waals surface area contributed by atoms with Crippen molar-refractivity contribution in [2.45, 2.75) is 10.6 Å². The SMILES string of the molecule is O=c1cc(CSc2ccccc2Cl)occ1O. The van der Waals surface area contributed by atoms with E-state index in [1.807, 2.05) is 18.2 Å². The minimum absolute atomic E-state index is 0.378. The minimum Gasteiger partial charge on any atom is -0.502 e. The fourth-order valence-corrected chi connectivity index (χ4v) is 2.36. The standard InChI is InChI=1S/C12H9ClO3S/c13-9-3-1-2-4-12(9)17-7-8-5-10(14)11(15)6-16-8/h1-6,15H,7H2. The zero-order chi connectivity index (χ0) is 12.3. The predicted octanol–water partition coefficient (Wildman–Crippen LogP) is 3.29. The molecule has 2 aromatic rings. The molecule has 0 aliphatic carbocycles. The van der Waals surface area contributed by atoms with Crippen LogP contribution in [0.3, 0.4) is 0 Å². The normalized spacial score (nSPS) is 10.4. The average Bonchev–Trinajstić information content (AvgIpc) is 2.32. The maximum atomic E-state index is 11.2. The molecule has 0 unspecified atom stereocenters. The third kappa shape index (κ3) is 3.05. The molecule has 0 fully saturated rings. The number of thioether (sulfide) groups is 1. The van der Waals surface area contributed by atoms with E-state index in [9.17, 15) is 4.79 Å². The van der Waals surface area contributed by atoms with Crippen LogP contribution in [0.4, 0.5) is 0 Å². The highest BCUT2D eigenvalue weighted by Crippen LogP contribution is 2.29. The third-order valence-corrected chi connectivity index (χ3v) is 3.61. The van der Waals surface area contributed by atoms with Gasteiger partial charge in [-0.25, -0.2) is 0 Å². The molecule has 0 saturated carbocycles. The fourth-order valence-electron chi connectivity index (χ4n) is 1.23. The molecule has 1 aromatic heterocycles. The van der Waals surface area contributed by atoms with Crippen LogP contribution in [0.5, 0.6) is 5.75 Å². The Hall–Kier alpha value is -1.39. The molecule has 1 heterocycles. The summed E-state index contributed by atoms with van der Waals surface area (Å²) in [6.07, 6.45) is 1.05. The molecule has 0 amide bonds. The van der Waals surface area contributed by atoms with Crippen molar-refractivity contribution < 1.29 is 9.52 Å². The van der Waals surface area contributed by atoms with Gasteiger partial charge >= 0.3 is 0 Å². The number of hydrogen-bond acceptors (Lipinski definition) is 4. The van der Waals surface area contributed by atoms with E-state index in [4.69, 9.17) is 21.1 Å². The summed E-state index contributed by atoms with van der Waals surface area (Å²) in [7, 11) is 0. The lowest BCUT2D eigenvalue weighted by atomic mass is 10.4. The topological polar surface area (TPSA) is 50.4 Å². The Bertz CT molecular complexity index is 580. The van der Waals surface area contributed by atoms with E-state index in [2.05, 4.69) is 0 Å². The van der Waals surface area contributed by atoms with E-state index in [0.29, 0.717) is 16.5 Å². The first kappa shape index (κ1) is 12.1. The van der Waals surface area contributed by atoms with Crippen molar-refractivity contribution in [3.63, 3.8) is 0 Å². The second-order valence-corrected chi connectivity index (χ2v) is 4.74. The van der Waals surface area contributed by atoms with Crippen LogP contribution in [-0.2, 0) is 5.75 Å². The monoisotopic (exact) mass is 268 g/mol. The van der Waals surface area contributed by atoms with Gasteiger partial charge in [-0.05, 0) is 12.1 Å². The Morgan fingerprint density at radius 2 is 2.12 bits per heavy atom. The fraction of sp³-hybridized carbons (Fsp3) is 0.0833. The van der Waals surface area contributed by atoms with Crippen LogP contribution in [0.25, 0.3) is 0 Å². The highest BCUT2D eigenvalue weighted by atomic mass is 35.5. The van der Waals surface area contributed by atoms with E-state index in [1.54, 1.807) is 6.07 Å². The van der Waals surface area contributed by atoms with Gasteiger partial charge in [0.25, 0.3) is 0 Å². The number of hydrogen-bond donors (Lipinski definition) is 1. The summed E-state index contributed by atoms with van der Waals surface area (Å²) in [5, 5.41) is 9.70. The van der Waals surface area contributed by atoms with Crippen molar-refractivity contribution >= 4 is 23.4 Å². The van der Waals surface area contributed by atoms with Crippen molar-refractivity contribution in [3.8, 4) is 5.75 Å². The van der Waals surface area contributed by atoms with Crippen molar-refractivity contribution in [3.05, 3.63) is 57.6 Å². The molecular weight excluding hydrogens is 260 g/mol. The summed E-state index contributed by atoms with van der Waals surface area (Å²) in [5.41, 5.74) is -0.439. The Morgan fingerprint density at radius 1 is 1.35 bits per heavy atom. The molecule has 17 heavy (non-hydrogen) atoms. The average molecular weight is 269 g/mol. The molecule has 0 radical (unpaired) electrons. The smallest absolute Gasteiger partial charge is 0.226 e. The van der Waals surface area contributed by atoms with E-state index in [1.165, 1.54) is 17.8 Å². The van der Waals surface area contributed by atoms with Crippen LogP contribution in [0.15, 0.2) is 50.7 Å². The zero-order valence-electron chi connectivity index (χ0n) is 8.72. The van der Waals surface area contributed by atoms with Gasteiger partial charge in [-0.15, -0.1) is 11.8 Å². The molecule has 0 aliphatic heterocycles. The Balaban J connectivity index is 2.10. The molecule has 1 N–H and O–H groups in total. The maximum Gasteiger partial charge on any atom is 0.226 e. The summed E-state index contributed by atoms with van der Waals surface area (Å²) < 4.78 is 5.09. The second-order valence-electron chi connectivity index (χ2n) is 3.31. The zero-order valence-corrected chi connectivity index (χ0v) is 10.3. The van der Waals surface area contributed by atoms with Crippen LogP contribution in [0.2, 0.25) is 5.02 Å². The minimum atomic E-state index is -0.439. The Labute approximate surface area is 107 Å². The van der Waals surface area contributed by atoms with Crippen molar-refractivity contribution in [1.82, 2.24) is 0 Å². The number of rotatable bonds is 3. The third-order valence-electron chi connectivity index (χ3n) is 2.07. The number of aromatic hydroxyl groups is 1. The van der Waals surface area contributed by atoms with Gasteiger partial charge in [0.05, 0.1) is 10.8 Å². The van der Waals surface area contributed by atoms with Gasteiger partial charge in [0, 0.05) is 11.0 Å². The molecule has 0 aliphatic rings. The molecular formula is C12H9ClO3S. The molecule has 1 aromatic carbocycles. The molecule has 3 nitrogen and oxygen atoms in total. The van der Waals surface area contributed by atoms with Crippen molar-refractivity contribution in [1.29, 1.82) is 0 Å². The molecule has 0 bridgehead atoms. The lowest BCUT2D eigenvalue weighted by Crippen LogP contribution is -1.99. The van der Waals surface area contributed by atoms with Gasteiger partial charge in [0.1, 0.15) is 12.0 Å². The molecule has 0 atom stereocenters. The highest BCUT2D eigenvalue weighted by molar-refractivity contribution is 7.98. The van der Waals surface area contributed by atoms with E-state index in [0.717, 1.165) is 11.2 Å². The summed E-state index contributed by atoms with van der Waals surface area (Å²) in [6, 6.07) is 8.72. The van der Waals surface area contributed by atoms with Gasteiger partial charge in [-0.1, -0.05) is 23.7 Å². The van der Waals surface area contributed by atoms with E-state index in [-0.39, 0.29) is 5.75 Å². The van der Waals surface area contributed by atoms with Gasteiger partial charge in [-0.2, -0.15) is 0 Å². The molecule has 2 rings (SSSR count). The van der Waals surface area contributed by atoms with Crippen LogP contribution in [-0.4, -0.2) is 5.11 Å². The predicted molar refractivity (Wildman–Crippen MR) is 67.7 cm³/mol. The van der Waals surface area contributed by atoms with Crippen LogP contribution in [0.1, 0.15) is 5.76 Å². The molecule has 0 saturated heterocycles. The first-order valence-electron chi connectivity index (χ1n) is 4.85. The first-order valence-corrected chi connectivity index (χ1v) is 6.21. The first-order chi connectivity index (χ1) is 8.16. The summed E-state index contributed by atoms with van der Waals surface area (Å²) in [5.74, 6) is 0.605. The van der Waals surface area contributed by atoms with E-state index >= 15 is 0 Å². The quantitative estimate of drug-likeness (QED) is 0.868. The van der Waals surface area contributed by atoms with Crippen LogP contribution in [0, 0.1) is 0 Å². The molecule has 88 valence electrons. The largest absolute Gasteiger partial charge is 0.502 e. The lowest BCUT2D eigenvalue weighted by molar-refractivity contribution is 0.419. The van der Waals surface area contributed by atoms with Gasteiger partial charge in [0.15, 0.2) is 5.75 Å². The summed E-state index contributed by atoms with van der Waals surface area (Å²) in [4.78, 5) is 12.1. The highest BCUT2D eigenvalue weighted by Gasteiger charge is 2.04. The van der Waals surface area contributed by atoms with Gasteiger partial charge in [-0.3, -0.25) is 4.79 Å². The molecule has 0 spiro atoms. The van der Waals surface area contributed by atoms with Gasteiger partial charge in [0.2, 0.25) is 5.43 Å². The van der Waals surface area contributed by atoms with Crippen molar-refractivity contribution in [2.24, 2.45) is 0 Å². The lowest BCUT2D eigenvalue weighted by Gasteiger charge is -2.03. The Morgan fingerprint density at radius 3 is 2.82 bits per heavy atom. The Kier molecular flexibility index (Phi) is 3.76. The summed E-state index contributed by atoms with van der Waals surface area (Å²) >= 11 is 7.46. The number of benzene rings is 1. The van der Waals surface area contributed by atoms with Gasteiger partial charge < -0.3 is 9.52 Å². The van der Waals surface area contributed by atoms with Crippen LogP contribution >= 0.6 is 23.4 Å². The van der Waals surface area contributed by atoms with E-state index < -0.39 is 5.43 Å². The number of halogens is 1. The summed E-state index contributed by atoms with van der Waals surface area (Å²) in [6.45, 7) is 0.